The third-order valence-corrected chi connectivity index (χ3v) is 6.78. The molecule has 1 fully saturated rings. The molecule has 8 heteroatoms. The van der Waals surface area contributed by atoms with Gasteiger partial charge in [-0.1, -0.05) is 47.7 Å². The van der Waals surface area contributed by atoms with Crippen LogP contribution in [-0.4, -0.2) is 35.6 Å². The number of rotatable bonds is 9. The summed E-state index contributed by atoms with van der Waals surface area (Å²) >= 11 is 1.29. The standard InChI is InChI=1S/C26H29N3O4S/c1-3-32-25(31)19-11-7-12-20(15-19)28-26-27-17(2)23(34-26)24(30)29-21-13-8-14-22(21)33-16-18-9-5-4-6-10-18/h4-7,9-12,15,21-22H,3,8,13-14,16H2,1-2H3,(H,27,28)(H,29,30). The van der Waals surface area contributed by atoms with Gasteiger partial charge in [0, 0.05) is 5.69 Å². The van der Waals surface area contributed by atoms with Crippen molar-refractivity contribution in [1.29, 1.82) is 0 Å². The number of aryl methyl sites for hydroxylation is 1. The fourth-order valence-corrected chi connectivity index (χ4v) is 4.91. The average molecular weight is 480 g/mol. The van der Waals surface area contributed by atoms with E-state index in [4.69, 9.17) is 9.47 Å². The summed E-state index contributed by atoms with van der Waals surface area (Å²) < 4.78 is 11.2. The van der Waals surface area contributed by atoms with Gasteiger partial charge < -0.3 is 20.1 Å². The summed E-state index contributed by atoms with van der Waals surface area (Å²) in [5.74, 6) is -0.509. The number of esters is 1. The van der Waals surface area contributed by atoms with E-state index in [0.717, 1.165) is 24.8 Å². The molecule has 2 aromatic carbocycles. The van der Waals surface area contributed by atoms with E-state index < -0.39 is 0 Å². The lowest BCUT2D eigenvalue weighted by molar-refractivity contribution is 0.0272. The number of nitrogens with one attached hydrogen (secondary N) is 2. The predicted octanol–water partition coefficient (Wildman–Crippen LogP) is 5.24. The highest BCUT2D eigenvalue weighted by atomic mass is 32.1. The SMILES string of the molecule is CCOC(=O)c1cccc(Nc2nc(C)c(C(=O)NC3CCCC3OCc3ccccc3)s2)c1. The maximum Gasteiger partial charge on any atom is 0.338 e. The molecule has 0 saturated heterocycles. The number of aromatic nitrogens is 1. The highest BCUT2D eigenvalue weighted by molar-refractivity contribution is 7.17. The monoisotopic (exact) mass is 479 g/mol. The lowest BCUT2D eigenvalue weighted by Gasteiger charge is -2.21. The number of benzene rings is 2. The van der Waals surface area contributed by atoms with Crippen molar-refractivity contribution in [3.8, 4) is 0 Å². The van der Waals surface area contributed by atoms with Crippen LogP contribution < -0.4 is 10.6 Å². The van der Waals surface area contributed by atoms with E-state index in [-0.39, 0.29) is 24.0 Å². The highest BCUT2D eigenvalue weighted by Crippen LogP contribution is 2.28. The first-order valence-electron chi connectivity index (χ1n) is 11.5. The van der Waals surface area contributed by atoms with Crippen LogP contribution in [0.15, 0.2) is 54.6 Å². The van der Waals surface area contributed by atoms with Crippen molar-refractivity contribution in [2.45, 2.75) is 51.9 Å². The Hall–Kier alpha value is -3.23. The number of hydrogen-bond donors (Lipinski definition) is 2. The van der Waals surface area contributed by atoms with Crippen LogP contribution in [0.4, 0.5) is 10.8 Å². The molecule has 0 aliphatic heterocycles. The molecule has 0 bridgehead atoms. The number of hydrogen-bond acceptors (Lipinski definition) is 7. The maximum absolute atomic E-state index is 13.0. The molecule has 1 heterocycles. The van der Waals surface area contributed by atoms with Gasteiger partial charge in [-0.25, -0.2) is 9.78 Å². The number of thiazole rings is 1. The van der Waals surface area contributed by atoms with Gasteiger partial charge in [0.05, 0.1) is 36.6 Å². The van der Waals surface area contributed by atoms with Crippen LogP contribution in [0.1, 0.15) is 57.5 Å². The van der Waals surface area contributed by atoms with Gasteiger partial charge in [0.1, 0.15) is 4.88 Å². The number of ether oxygens (including phenoxy) is 2. The van der Waals surface area contributed by atoms with Gasteiger partial charge in [0.2, 0.25) is 0 Å². The fourth-order valence-electron chi connectivity index (χ4n) is 4.02. The van der Waals surface area contributed by atoms with Gasteiger partial charge in [-0.3, -0.25) is 4.79 Å². The zero-order valence-electron chi connectivity index (χ0n) is 19.4. The Labute approximate surface area is 203 Å². The average Bonchev–Trinajstić information content (AvgIpc) is 3.44. The van der Waals surface area contributed by atoms with Crippen molar-refractivity contribution in [3.05, 3.63) is 76.3 Å². The third kappa shape index (κ3) is 6.01. The van der Waals surface area contributed by atoms with E-state index in [0.29, 0.717) is 40.2 Å². The lowest BCUT2D eigenvalue weighted by atomic mass is 10.2. The molecule has 178 valence electrons. The van der Waals surface area contributed by atoms with E-state index in [1.807, 2.05) is 43.3 Å². The van der Waals surface area contributed by atoms with E-state index in [2.05, 4.69) is 15.6 Å². The number of carbonyl (C=O) groups is 2. The molecule has 1 amide bonds. The molecule has 34 heavy (non-hydrogen) atoms. The van der Waals surface area contributed by atoms with Gasteiger partial charge in [-0.05, 0) is 56.9 Å². The Kier molecular flexibility index (Phi) is 7.92. The van der Waals surface area contributed by atoms with E-state index >= 15 is 0 Å². The fraction of sp³-hybridized carbons (Fsp3) is 0.346. The minimum absolute atomic E-state index is 0.000551. The minimum atomic E-state index is -0.373. The number of anilines is 2. The van der Waals surface area contributed by atoms with Crippen LogP contribution in [-0.2, 0) is 16.1 Å². The molecule has 1 aliphatic carbocycles. The lowest BCUT2D eigenvalue weighted by Crippen LogP contribution is -2.41. The Balaban J connectivity index is 1.37. The van der Waals surface area contributed by atoms with E-state index in [1.54, 1.807) is 25.1 Å². The maximum atomic E-state index is 13.0. The summed E-state index contributed by atoms with van der Waals surface area (Å²) in [7, 11) is 0. The van der Waals surface area contributed by atoms with Crippen LogP contribution in [0, 0.1) is 6.92 Å². The molecule has 1 aromatic heterocycles. The Morgan fingerprint density at radius 1 is 1.12 bits per heavy atom. The molecule has 1 aliphatic rings. The first-order valence-corrected chi connectivity index (χ1v) is 12.3. The summed E-state index contributed by atoms with van der Waals surface area (Å²) in [5, 5.41) is 6.94. The molecule has 0 spiro atoms. The number of carbonyl (C=O) groups excluding carboxylic acids is 2. The van der Waals surface area contributed by atoms with Crippen LogP contribution in [0.2, 0.25) is 0 Å². The second-order valence-corrected chi connectivity index (χ2v) is 9.20. The predicted molar refractivity (Wildman–Crippen MR) is 133 cm³/mol. The Morgan fingerprint density at radius 2 is 1.94 bits per heavy atom. The molecular formula is C26H29N3O4S. The van der Waals surface area contributed by atoms with Crippen molar-refractivity contribution in [1.82, 2.24) is 10.3 Å². The second kappa shape index (κ2) is 11.3. The smallest absolute Gasteiger partial charge is 0.338 e. The molecule has 1 saturated carbocycles. The molecule has 2 atom stereocenters. The topological polar surface area (TPSA) is 89.5 Å². The molecule has 3 aromatic rings. The first kappa shape index (κ1) is 23.9. The molecule has 7 nitrogen and oxygen atoms in total. The minimum Gasteiger partial charge on any atom is -0.462 e. The summed E-state index contributed by atoms with van der Waals surface area (Å²) in [6.45, 7) is 4.45. The van der Waals surface area contributed by atoms with Crippen molar-refractivity contribution in [3.63, 3.8) is 0 Å². The van der Waals surface area contributed by atoms with Gasteiger partial charge in [0.15, 0.2) is 5.13 Å². The quantitative estimate of drug-likeness (QED) is 0.408. The zero-order chi connectivity index (χ0) is 23.9. The van der Waals surface area contributed by atoms with Crippen LogP contribution in [0.25, 0.3) is 0 Å². The molecule has 2 unspecified atom stereocenters. The normalized spacial score (nSPS) is 17.4. The first-order chi connectivity index (χ1) is 16.5. The number of nitrogens with zero attached hydrogens (tertiary/aromatic N) is 1. The van der Waals surface area contributed by atoms with Crippen molar-refractivity contribution >= 4 is 34.0 Å². The second-order valence-electron chi connectivity index (χ2n) is 8.21. The Bertz CT molecular complexity index is 1130. The number of amides is 1. The summed E-state index contributed by atoms with van der Waals surface area (Å²) in [6.07, 6.45) is 2.86. The van der Waals surface area contributed by atoms with Gasteiger partial charge >= 0.3 is 5.97 Å². The van der Waals surface area contributed by atoms with E-state index in [1.165, 1.54) is 11.3 Å². The third-order valence-electron chi connectivity index (χ3n) is 5.70. The van der Waals surface area contributed by atoms with Crippen LogP contribution >= 0.6 is 11.3 Å². The summed E-state index contributed by atoms with van der Waals surface area (Å²) in [6, 6.07) is 17.1. The van der Waals surface area contributed by atoms with Crippen molar-refractivity contribution in [2.75, 3.05) is 11.9 Å². The van der Waals surface area contributed by atoms with Crippen LogP contribution in [0.3, 0.4) is 0 Å². The van der Waals surface area contributed by atoms with Crippen LogP contribution in [0.5, 0.6) is 0 Å². The van der Waals surface area contributed by atoms with Gasteiger partial charge in [0.25, 0.3) is 5.91 Å². The van der Waals surface area contributed by atoms with Gasteiger partial charge in [-0.15, -0.1) is 0 Å². The van der Waals surface area contributed by atoms with E-state index in [9.17, 15) is 9.59 Å². The molecule has 0 radical (unpaired) electrons. The largest absolute Gasteiger partial charge is 0.462 e. The molecular weight excluding hydrogens is 450 g/mol. The van der Waals surface area contributed by atoms with Crippen molar-refractivity contribution < 1.29 is 19.1 Å². The molecule has 4 rings (SSSR count). The highest BCUT2D eigenvalue weighted by Gasteiger charge is 2.30. The zero-order valence-corrected chi connectivity index (χ0v) is 20.2. The van der Waals surface area contributed by atoms with Crippen molar-refractivity contribution in [2.24, 2.45) is 0 Å². The summed E-state index contributed by atoms with van der Waals surface area (Å²) in [4.78, 5) is 30.1. The molecule has 2 N–H and O–H groups in total. The Morgan fingerprint density at radius 3 is 2.74 bits per heavy atom. The summed E-state index contributed by atoms with van der Waals surface area (Å²) in [5.41, 5.74) is 2.95. The van der Waals surface area contributed by atoms with Gasteiger partial charge in [-0.2, -0.15) is 0 Å².